The Morgan fingerprint density at radius 1 is 0.920 bits per heavy atom. The van der Waals surface area contributed by atoms with Crippen LogP contribution in [0.1, 0.15) is 64.7 Å². The van der Waals surface area contributed by atoms with Gasteiger partial charge in [0.25, 0.3) is 0 Å². The fourth-order valence-electron chi connectivity index (χ4n) is 5.01. The number of hydrogen-bond acceptors (Lipinski definition) is 3. The monoisotopic (exact) mass is 349 g/mol. The van der Waals surface area contributed by atoms with Gasteiger partial charge in [0.1, 0.15) is 0 Å². The Balaban J connectivity index is 1.57. The predicted molar refractivity (Wildman–Crippen MR) is 99.2 cm³/mol. The molecule has 1 atom stereocenters. The van der Waals surface area contributed by atoms with E-state index in [0.29, 0.717) is 11.8 Å². The molecule has 1 aliphatic heterocycles. The summed E-state index contributed by atoms with van der Waals surface area (Å²) in [6.07, 6.45) is 11.4. The number of carbonyl (C=O) groups excluding carboxylic acids is 2. The summed E-state index contributed by atoms with van der Waals surface area (Å²) < 4.78 is 0. The molecule has 0 aromatic heterocycles. The third-order valence-corrected chi connectivity index (χ3v) is 6.56. The Bertz CT molecular complexity index is 448. The van der Waals surface area contributed by atoms with Crippen LogP contribution in [0, 0.1) is 11.8 Å². The zero-order valence-corrected chi connectivity index (χ0v) is 15.8. The van der Waals surface area contributed by atoms with Crippen molar-refractivity contribution in [3.8, 4) is 0 Å². The van der Waals surface area contributed by atoms with Gasteiger partial charge in [0, 0.05) is 39.6 Å². The van der Waals surface area contributed by atoms with Gasteiger partial charge in [0.05, 0.1) is 6.04 Å². The minimum atomic E-state index is 0.0141. The molecule has 2 saturated carbocycles. The first kappa shape index (κ1) is 18.7. The minimum absolute atomic E-state index is 0.0141. The predicted octanol–water partition coefficient (Wildman–Crippen LogP) is 2.41. The van der Waals surface area contributed by atoms with Crippen molar-refractivity contribution in [2.75, 3.05) is 32.7 Å². The molecule has 1 heterocycles. The van der Waals surface area contributed by atoms with E-state index >= 15 is 0 Å². The lowest BCUT2D eigenvalue weighted by molar-refractivity contribution is -0.133. The molecule has 25 heavy (non-hydrogen) atoms. The maximum Gasteiger partial charge on any atom is 0.237 e. The summed E-state index contributed by atoms with van der Waals surface area (Å²) in [5.41, 5.74) is 0. The molecule has 142 valence electrons. The van der Waals surface area contributed by atoms with Crippen LogP contribution >= 0.6 is 0 Å². The van der Waals surface area contributed by atoms with Gasteiger partial charge in [-0.25, -0.2) is 0 Å². The number of nitrogens with one attached hydrogen (secondary N) is 1. The van der Waals surface area contributed by atoms with E-state index < -0.39 is 0 Å². The Kier molecular flexibility index (Phi) is 6.74. The standard InChI is InChI=1S/C20H35N3O2/c1-16(24)22-11-13-23(14-12-22)19(18-9-5-6-10-18)20(25)21-15-17-7-3-2-4-8-17/h17-19H,2-15H2,1H3,(H,21,25). The van der Waals surface area contributed by atoms with E-state index in [1.54, 1.807) is 6.92 Å². The minimum Gasteiger partial charge on any atom is -0.354 e. The van der Waals surface area contributed by atoms with E-state index in [1.807, 2.05) is 4.90 Å². The van der Waals surface area contributed by atoms with Crippen LogP contribution < -0.4 is 5.32 Å². The number of piperazine rings is 1. The smallest absolute Gasteiger partial charge is 0.237 e. The summed E-state index contributed by atoms with van der Waals surface area (Å²) in [4.78, 5) is 28.9. The molecule has 2 aliphatic carbocycles. The molecule has 1 saturated heterocycles. The lowest BCUT2D eigenvalue weighted by Crippen LogP contribution is -2.58. The highest BCUT2D eigenvalue weighted by Crippen LogP contribution is 2.31. The zero-order valence-electron chi connectivity index (χ0n) is 15.8. The van der Waals surface area contributed by atoms with Gasteiger partial charge in [-0.2, -0.15) is 0 Å². The fourth-order valence-corrected chi connectivity index (χ4v) is 5.01. The second-order valence-corrected chi connectivity index (χ2v) is 8.28. The molecule has 5 heteroatoms. The Morgan fingerprint density at radius 2 is 1.52 bits per heavy atom. The van der Waals surface area contributed by atoms with E-state index in [-0.39, 0.29) is 17.9 Å². The molecule has 3 fully saturated rings. The summed E-state index contributed by atoms with van der Waals surface area (Å²) in [6, 6.07) is 0.0141. The average molecular weight is 350 g/mol. The molecular formula is C20H35N3O2. The Morgan fingerprint density at radius 3 is 2.12 bits per heavy atom. The van der Waals surface area contributed by atoms with Crippen LogP contribution in [0.3, 0.4) is 0 Å². The molecule has 3 rings (SSSR count). The zero-order chi connectivity index (χ0) is 17.6. The highest BCUT2D eigenvalue weighted by molar-refractivity contribution is 5.82. The van der Waals surface area contributed by atoms with Gasteiger partial charge in [0.15, 0.2) is 0 Å². The van der Waals surface area contributed by atoms with E-state index in [2.05, 4.69) is 10.2 Å². The summed E-state index contributed by atoms with van der Waals surface area (Å²) in [5, 5.41) is 3.30. The van der Waals surface area contributed by atoms with Gasteiger partial charge in [-0.3, -0.25) is 14.5 Å². The average Bonchev–Trinajstić information content (AvgIpc) is 3.16. The van der Waals surface area contributed by atoms with Crippen molar-refractivity contribution in [1.82, 2.24) is 15.1 Å². The molecule has 5 nitrogen and oxygen atoms in total. The molecule has 3 aliphatic rings. The topological polar surface area (TPSA) is 52.7 Å². The third-order valence-electron chi connectivity index (χ3n) is 6.56. The van der Waals surface area contributed by atoms with Gasteiger partial charge in [-0.15, -0.1) is 0 Å². The lowest BCUT2D eigenvalue weighted by Gasteiger charge is -2.40. The van der Waals surface area contributed by atoms with Crippen molar-refractivity contribution < 1.29 is 9.59 Å². The van der Waals surface area contributed by atoms with E-state index in [4.69, 9.17) is 0 Å². The number of rotatable bonds is 5. The molecule has 2 amide bonds. The van der Waals surface area contributed by atoms with Crippen molar-refractivity contribution in [3.63, 3.8) is 0 Å². The van der Waals surface area contributed by atoms with Gasteiger partial charge in [-0.1, -0.05) is 32.1 Å². The molecule has 0 spiro atoms. The van der Waals surface area contributed by atoms with Crippen molar-refractivity contribution in [1.29, 1.82) is 0 Å². The van der Waals surface area contributed by atoms with Crippen molar-refractivity contribution >= 4 is 11.8 Å². The molecular weight excluding hydrogens is 314 g/mol. The number of hydrogen-bond donors (Lipinski definition) is 1. The summed E-state index contributed by atoms with van der Waals surface area (Å²) in [7, 11) is 0. The van der Waals surface area contributed by atoms with Crippen LogP contribution in [-0.4, -0.2) is 60.4 Å². The first-order chi connectivity index (χ1) is 12.1. The Labute approximate surface area is 152 Å². The molecule has 0 aromatic rings. The summed E-state index contributed by atoms with van der Waals surface area (Å²) in [6.45, 7) is 5.68. The normalized spacial score (nSPS) is 25.1. The molecule has 1 unspecified atom stereocenters. The molecule has 1 N–H and O–H groups in total. The third kappa shape index (κ3) is 4.96. The van der Waals surface area contributed by atoms with Crippen LogP contribution in [0.25, 0.3) is 0 Å². The summed E-state index contributed by atoms with van der Waals surface area (Å²) in [5.74, 6) is 1.57. The molecule has 0 aromatic carbocycles. The van der Waals surface area contributed by atoms with Crippen LogP contribution in [0.15, 0.2) is 0 Å². The SMILES string of the molecule is CC(=O)N1CCN(C(C(=O)NCC2CCCCC2)C2CCCC2)CC1. The van der Waals surface area contributed by atoms with Gasteiger partial charge >= 0.3 is 0 Å². The molecule has 0 radical (unpaired) electrons. The van der Waals surface area contributed by atoms with Gasteiger partial charge < -0.3 is 10.2 Å². The highest BCUT2D eigenvalue weighted by Gasteiger charge is 2.37. The number of carbonyl (C=O) groups is 2. The summed E-state index contributed by atoms with van der Waals surface area (Å²) >= 11 is 0. The quantitative estimate of drug-likeness (QED) is 0.829. The first-order valence-electron chi connectivity index (χ1n) is 10.4. The van der Waals surface area contributed by atoms with Crippen molar-refractivity contribution in [3.05, 3.63) is 0 Å². The van der Waals surface area contributed by atoms with Crippen LogP contribution in [0.5, 0.6) is 0 Å². The maximum absolute atomic E-state index is 13.1. The van der Waals surface area contributed by atoms with E-state index in [0.717, 1.165) is 32.7 Å². The largest absolute Gasteiger partial charge is 0.354 e. The Hall–Kier alpha value is -1.10. The van der Waals surface area contributed by atoms with Crippen LogP contribution in [0.4, 0.5) is 0 Å². The van der Waals surface area contributed by atoms with Crippen LogP contribution in [0.2, 0.25) is 0 Å². The van der Waals surface area contributed by atoms with Gasteiger partial charge in [-0.05, 0) is 37.5 Å². The highest BCUT2D eigenvalue weighted by atomic mass is 16.2. The number of nitrogens with zero attached hydrogens (tertiary/aromatic N) is 2. The number of amides is 2. The maximum atomic E-state index is 13.1. The first-order valence-corrected chi connectivity index (χ1v) is 10.4. The van der Waals surface area contributed by atoms with Crippen molar-refractivity contribution in [2.45, 2.75) is 70.8 Å². The second kappa shape index (κ2) is 9.02. The van der Waals surface area contributed by atoms with Crippen molar-refractivity contribution in [2.24, 2.45) is 11.8 Å². The molecule has 0 bridgehead atoms. The van der Waals surface area contributed by atoms with E-state index in [9.17, 15) is 9.59 Å². The van der Waals surface area contributed by atoms with Gasteiger partial charge in [0.2, 0.25) is 11.8 Å². The lowest BCUT2D eigenvalue weighted by atomic mass is 9.89. The van der Waals surface area contributed by atoms with E-state index in [1.165, 1.54) is 57.8 Å². The second-order valence-electron chi connectivity index (χ2n) is 8.28. The van der Waals surface area contributed by atoms with Crippen LogP contribution in [-0.2, 0) is 9.59 Å². The fraction of sp³-hybridized carbons (Fsp3) is 0.900.